The van der Waals surface area contributed by atoms with E-state index in [1.54, 1.807) is 11.9 Å². The summed E-state index contributed by atoms with van der Waals surface area (Å²) in [7, 11) is 1.77. The fourth-order valence-electron chi connectivity index (χ4n) is 3.14. The number of carbonyl (C=O) groups is 1. The lowest BCUT2D eigenvalue weighted by molar-refractivity contribution is -0.137. The molecule has 1 heterocycles. The minimum absolute atomic E-state index is 0.0725. The van der Waals surface area contributed by atoms with E-state index in [0.29, 0.717) is 30.6 Å². The van der Waals surface area contributed by atoms with Crippen molar-refractivity contribution in [2.24, 2.45) is 5.92 Å². The van der Waals surface area contributed by atoms with Gasteiger partial charge < -0.3 is 14.5 Å². The van der Waals surface area contributed by atoms with Crippen molar-refractivity contribution >= 4 is 5.91 Å². The van der Waals surface area contributed by atoms with Crippen molar-refractivity contribution < 1.29 is 14.4 Å². The molecule has 0 aromatic carbocycles. The predicted octanol–water partition coefficient (Wildman–Crippen LogP) is 1.85. The zero-order chi connectivity index (χ0) is 14.8. The number of rotatable bonds is 4. The Labute approximate surface area is 124 Å². The van der Waals surface area contributed by atoms with Crippen molar-refractivity contribution in [2.45, 2.75) is 63.5 Å². The lowest BCUT2D eigenvalue weighted by Gasteiger charge is -2.28. The Balaban J connectivity index is 1.56. The molecular weight excluding hydrogens is 270 g/mol. The number of amides is 1. The second kappa shape index (κ2) is 6.13. The third kappa shape index (κ3) is 3.26. The fraction of sp³-hybridized carbons (Fsp3) is 0.800. The van der Waals surface area contributed by atoms with Crippen LogP contribution in [0, 0.1) is 5.92 Å². The van der Waals surface area contributed by atoms with Crippen LogP contribution in [0.1, 0.15) is 62.6 Å². The van der Waals surface area contributed by atoms with Crippen molar-refractivity contribution in [3.05, 3.63) is 11.7 Å². The first-order valence-corrected chi connectivity index (χ1v) is 7.89. The molecule has 1 aromatic heterocycles. The summed E-state index contributed by atoms with van der Waals surface area (Å²) in [5, 5.41) is 13.7. The van der Waals surface area contributed by atoms with Gasteiger partial charge in [-0.25, -0.2) is 0 Å². The number of aliphatic hydroxyl groups is 1. The molecule has 1 N–H and O–H groups in total. The lowest BCUT2D eigenvalue weighted by atomic mass is 9.85. The number of carbonyl (C=O) groups excluding carboxylic acids is 1. The van der Waals surface area contributed by atoms with E-state index in [0.717, 1.165) is 32.1 Å². The molecule has 2 aliphatic carbocycles. The Morgan fingerprint density at radius 3 is 2.76 bits per heavy atom. The summed E-state index contributed by atoms with van der Waals surface area (Å²) in [5.41, 5.74) is 0. The number of aliphatic hydroxyl groups excluding tert-OH is 1. The van der Waals surface area contributed by atoms with Crippen LogP contribution in [0.25, 0.3) is 0 Å². The normalized spacial score (nSPS) is 26.4. The number of aromatic nitrogens is 2. The van der Waals surface area contributed by atoms with Crippen LogP contribution in [0.5, 0.6) is 0 Å². The number of hydrogen-bond acceptors (Lipinski definition) is 5. The Hall–Kier alpha value is -1.43. The smallest absolute Gasteiger partial charge is 0.229 e. The van der Waals surface area contributed by atoms with E-state index in [1.807, 2.05) is 0 Å². The molecule has 116 valence electrons. The number of nitrogens with zero attached hydrogens (tertiary/aromatic N) is 3. The summed E-state index contributed by atoms with van der Waals surface area (Å²) in [6.07, 6.45) is 6.29. The largest absolute Gasteiger partial charge is 0.393 e. The van der Waals surface area contributed by atoms with Gasteiger partial charge in [0.05, 0.1) is 12.6 Å². The van der Waals surface area contributed by atoms with Crippen LogP contribution in [0.3, 0.4) is 0 Å². The second-order valence-electron chi connectivity index (χ2n) is 6.39. The minimum Gasteiger partial charge on any atom is -0.393 e. The highest BCUT2D eigenvalue weighted by molar-refractivity contribution is 5.78. The summed E-state index contributed by atoms with van der Waals surface area (Å²) in [6.45, 7) is 0.377. The third-order valence-corrected chi connectivity index (χ3v) is 4.69. The quantitative estimate of drug-likeness (QED) is 0.916. The summed E-state index contributed by atoms with van der Waals surface area (Å²) in [5.74, 6) is 1.70. The highest BCUT2D eigenvalue weighted by Crippen LogP contribution is 2.35. The van der Waals surface area contributed by atoms with Crippen LogP contribution in [-0.4, -0.2) is 39.2 Å². The van der Waals surface area contributed by atoms with Gasteiger partial charge >= 0.3 is 0 Å². The maximum atomic E-state index is 12.4. The molecule has 0 bridgehead atoms. The maximum absolute atomic E-state index is 12.4. The number of hydrogen-bond donors (Lipinski definition) is 1. The molecule has 6 nitrogen and oxygen atoms in total. The fourth-order valence-corrected chi connectivity index (χ4v) is 3.14. The molecule has 0 unspecified atom stereocenters. The Morgan fingerprint density at radius 2 is 2.10 bits per heavy atom. The molecule has 2 fully saturated rings. The average molecular weight is 293 g/mol. The third-order valence-electron chi connectivity index (χ3n) is 4.69. The van der Waals surface area contributed by atoms with E-state index in [1.165, 1.54) is 6.42 Å². The minimum atomic E-state index is -0.337. The molecule has 0 aliphatic heterocycles. The van der Waals surface area contributed by atoms with E-state index in [9.17, 15) is 9.90 Å². The molecule has 0 spiro atoms. The first kappa shape index (κ1) is 14.5. The maximum Gasteiger partial charge on any atom is 0.229 e. The van der Waals surface area contributed by atoms with Crippen molar-refractivity contribution in [1.29, 1.82) is 0 Å². The molecule has 2 atom stereocenters. The van der Waals surface area contributed by atoms with E-state index >= 15 is 0 Å². The van der Waals surface area contributed by atoms with E-state index in [-0.39, 0.29) is 17.9 Å². The summed E-state index contributed by atoms with van der Waals surface area (Å²) < 4.78 is 5.27. The van der Waals surface area contributed by atoms with Gasteiger partial charge in [0, 0.05) is 18.9 Å². The first-order chi connectivity index (χ1) is 10.1. The van der Waals surface area contributed by atoms with Crippen LogP contribution >= 0.6 is 0 Å². The molecule has 0 saturated heterocycles. The Morgan fingerprint density at radius 1 is 1.33 bits per heavy atom. The van der Waals surface area contributed by atoms with Crippen molar-refractivity contribution in [2.75, 3.05) is 7.05 Å². The highest BCUT2D eigenvalue weighted by atomic mass is 16.5. The van der Waals surface area contributed by atoms with Gasteiger partial charge in [0.2, 0.25) is 11.8 Å². The lowest BCUT2D eigenvalue weighted by Crippen LogP contribution is -2.36. The standard InChI is InChI=1S/C15H23N3O3/c1-18(15(20)11-6-3-7-12(19)8-11)9-13-16-14(21-17-13)10-4-2-5-10/h10-12,19H,2-9H2,1H3/t11-,12-/m0/s1. The van der Waals surface area contributed by atoms with E-state index in [2.05, 4.69) is 10.1 Å². The topological polar surface area (TPSA) is 79.5 Å². The molecule has 21 heavy (non-hydrogen) atoms. The van der Waals surface area contributed by atoms with Crippen LogP contribution < -0.4 is 0 Å². The van der Waals surface area contributed by atoms with Crippen molar-refractivity contribution in [3.8, 4) is 0 Å². The van der Waals surface area contributed by atoms with E-state index in [4.69, 9.17) is 4.52 Å². The molecule has 6 heteroatoms. The van der Waals surface area contributed by atoms with Gasteiger partial charge in [-0.15, -0.1) is 0 Å². The van der Waals surface area contributed by atoms with Gasteiger partial charge in [0.1, 0.15) is 0 Å². The molecule has 2 saturated carbocycles. The molecule has 1 aromatic rings. The summed E-state index contributed by atoms with van der Waals surface area (Å²) >= 11 is 0. The van der Waals surface area contributed by atoms with Gasteiger partial charge in [0.15, 0.2) is 5.82 Å². The zero-order valence-electron chi connectivity index (χ0n) is 12.5. The van der Waals surface area contributed by atoms with Gasteiger partial charge in [-0.2, -0.15) is 4.98 Å². The zero-order valence-corrected chi connectivity index (χ0v) is 12.5. The summed E-state index contributed by atoms with van der Waals surface area (Å²) in [4.78, 5) is 18.4. The van der Waals surface area contributed by atoms with Gasteiger partial charge in [-0.05, 0) is 32.1 Å². The van der Waals surface area contributed by atoms with Crippen molar-refractivity contribution in [1.82, 2.24) is 15.0 Å². The SMILES string of the molecule is CN(Cc1noc(C2CCC2)n1)C(=O)[C@H]1CCC[C@H](O)C1. The molecular formula is C15H23N3O3. The Kier molecular flexibility index (Phi) is 4.24. The van der Waals surface area contributed by atoms with Crippen LogP contribution in [-0.2, 0) is 11.3 Å². The second-order valence-corrected chi connectivity index (χ2v) is 6.39. The van der Waals surface area contributed by atoms with Crippen LogP contribution in [0.15, 0.2) is 4.52 Å². The monoisotopic (exact) mass is 293 g/mol. The molecule has 2 aliphatic rings. The van der Waals surface area contributed by atoms with Crippen LogP contribution in [0.2, 0.25) is 0 Å². The van der Waals surface area contributed by atoms with Gasteiger partial charge in [-0.3, -0.25) is 4.79 Å². The summed E-state index contributed by atoms with van der Waals surface area (Å²) in [6, 6.07) is 0. The average Bonchev–Trinajstić information content (AvgIpc) is 2.84. The van der Waals surface area contributed by atoms with E-state index < -0.39 is 0 Å². The van der Waals surface area contributed by atoms with Gasteiger partial charge in [0.25, 0.3) is 0 Å². The Bertz CT molecular complexity index is 498. The first-order valence-electron chi connectivity index (χ1n) is 7.89. The molecule has 0 radical (unpaired) electrons. The predicted molar refractivity (Wildman–Crippen MR) is 75.3 cm³/mol. The highest BCUT2D eigenvalue weighted by Gasteiger charge is 2.29. The van der Waals surface area contributed by atoms with Crippen LogP contribution in [0.4, 0.5) is 0 Å². The molecule has 3 rings (SSSR count). The molecule has 1 amide bonds. The van der Waals surface area contributed by atoms with Gasteiger partial charge in [-0.1, -0.05) is 18.0 Å². The van der Waals surface area contributed by atoms with Crippen molar-refractivity contribution in [3.63, 3.8) is 0 Å².